The molecule has 1 radical (unpaired) electrons. The Morgan fingerprint density at radius 3 is 1.35 bits per heavy atom. The van der Waals surface area contributed by atoms with Gasteiger partial charge >= 0.3 is 7.69 Å². The summed E-state index contributed by atoms with van der Waals surface area (Å²) in [4.78, 5) is 0. The minimum absolute atomic E-state index is 0.564. The Bertz CT molecular complexity index is 981. The monoisotopic (exact) mass is 335 g/mol. The largest absolute Gasteiger partial charge is 0.569 e. The lowest BCUT2D eigenvalue weighted by Gasteiger charge is -1.99. The summed E-state index contributed by atoms with van der Waals surface area (Å²) in [5.41, 5.74) is 4.99. The molecule has 0 heterocycles. The van der Waals surface area contributed by atoms with Crippen molar-refractivity contribution in [3.8, 4) is 29.4 Å². The van der Waals surface area contributed by atoms with Crippen LogP contribution < -0.4 is 4.65 Å². The second-order valence-corrected chi connectivity index (χ2v) is 5.69. The predicted molar refractivity (Wildman–Crippen MR) is 105 cm³/mol. The van der Waals surface area contributed by atoms with E-state index in [1.807, 2.05) is 48.5 Å². The Kier molecular flexibility index (Phi) is 5.78. The third-order valence-corrected chi connectivity index (χ3v) is 3.68. The number of hydrogen-bond acceptors (Lipinski definition) is 2. The van der Waals surface area contributed by atoms with Crippen molar-refractivity contribution in [1.29, 1.82) is 0 Å². The van der Waals surface area contributed by atoms with E-state index < -0.39 is 0 Å². The van der Waals surface area contributed by atoms with Crippen molar-refractivity contribution in [2.45, 2.75) is 6.92 Å². The molecule has 3 rings (SSSR count). The van der Waals surface area contributed by atoms with Gasteiger partial charge in [-0.3, -0.25) is 0 Å². The van der Waals surface area contributed by atoms with Crippen LogP contribution in [0.2, 0.25) is 0 Å². The first-order valence-electron chi connectivity index (χ1n) is 8.16. The van der Waals surface area contributed by atoms with Gasteiger partial charge in [-0.1, -0.05) is 41.4 Å². The Morgan fingerprint density at radius 2 is 0.962 bits per heavy atom. The Labute approximate surface area is 154 Å². The summed E-state index contributed by atoms with van der Waals surface area (Å²) in [5, 5.41) is 8.59. The van der Waals surface area contributed by atoms with E-state index in [9.17, 15) is 0 Å². The van der Waals surface area contributed by atoms with E-state index in [2.05, 4.69) is 42.7 Å². The molecule has 3 aromatic rings. The van der Waals surface area contributed by atoms with Gasteiger partial charge in [0, 0.05) is 22.3 Å². The van der Waals surface area contributed by atoms with Gasteiger partial charge in [-0.15, -0.1) is 0 Å². The van der Waals surface area contributed by atoms with Crippen LogP contribution in [0.1, 0.15) is 27.8 Å². The van der Waals surface area contributed by atoms with Crippen LogP contribution in [0.25, 0.3) is 0 Å². The minimum Gasteiger partial charge on any atom is -0.537 e. The van der Waals surface area contributed by atoms with Gasteiger partial charge in [0.15, 0.2) is 0 Å². The van der Waals surface area contributed by atoms with Crippen molar-refractivity contribution in [3.05, 3.63) is 101 Å². The molecule has 0 atom stereocenters. The second kappa shape index (κ2) is 8.63. The molecule has 0 spiro atoms. The van der Waals surface area contributed by atoms with Crippen LogP contribution in [-0.2, 0) is 0 Å². The summed E-state index contributed by atoms with van der Waals surface area (Å²) in [6.07, 6.45) is 0. The van der Waals surface area contributed by atoms with E-state index in [0.717, 1.165) is 22.3 Å². The van der Waals surface area contributed by atoms with Crippen LogP contribution in [0.15, 0.2) is 72.8 Å². The van der Waals surface area contributed by atoms with Crippen molar-refractivity contribution < 1.29 is 9.68 Å². The predicted octanol–water partition coefficient (Wildman–Crippen LogP) is 3.70. The lowest BCUT2D eigenvalue weighted by molar-refractivity contribution is 0.454. The quantitative estimate of drug-likeness (QED) is 0.572. The molecule has 0 saturated heterocycles. The average molecular weight is 335 g/mol. The van der Waals surface area contributed by atoms with Crippen molar-refractivity contribution in [2.75, 3.05) is 0 Å². The zero-order valence-corrected chi connectivity index (χ0v) is 14.4. The third-order valence-electron chi connectivity index (χ3n) is 3.68. The van der Waals surface area contributed by atoms with Gasteiger partial charge in [0.05, 0.1) is 0 Å². The zero-order valence-electron chi connectivity index (χ0n) is 14.4. The van der Waals surface area contributed by atoms with Gasteiger partial charge in [-0.2, -0.15) is 0 Å². The van der Waals surface area contributed by atoms with Gasteiger partial charge in [-0.05, 0) is 67.6 Å². The highest BCUT2D eigenvalue weighted by molar-refractivity contribution is 6.17. The Hall–Kier alpha value is -3.40. The molecule has 123 valence electrons. The van der Waals surface area contributed by atoms with Crippen LogP contribution in [0.4, 0.5) is 0 Å². The molecule has 0 bridgehead atoms. The number of rotatable bonds is 2. The summed E-state index contributed by atoms with van der Waals surface area (Å²) in [6.45, 7) is 2.06. The van der Waals surface area contributed by atoms with Gasteiger partial charge in [0.2, 0.25) is 0 Å². The molecule has 0 aliphatic carbocycles. The van der Waals surface area contributed by atoms with E-state index >= 15 is 0 Å². The summed E-state index contributed by atoms with van der Waals surface area (Å²) in [7, 11) is 0.657. The van der Waals surface area contributed by atoms with Gasteiger partial charge in [0.1, 0.15) is 5.75 Å². The highest BCUT2D eigenvalue weighted by Gasteiger charge is 1.94. The number of aryl methyl sites for hydroxylation is 1. The Balaban J connectivity index is 1.68. The lowest BCUT2D eigenvalue weighted by Crippen LogP contribution is -1.99. The van der Waals surface area contributed by atoms with Gasteiger partial charge in [-0.25, -0.2) is 0 Å². The summed E-state index contributed by atoms with van der Waals surface area (Å²) in [5.74, 6) is 13.1. The third kappa shape index (κ3) is 5.05. The molecule has 2 nitrogen and oxygen atoms in total. The molecule has 3 heteroatoms. The summed E-state index contributed by atoms with van der Waals surface area (Å²) >= 11 is 0. The summed E-state index contributed by atoms with van der Waals surface area (Å²) in [6, 6.07) is 23.2. The fourth-order valence-electron chi connectivity index (χ4n) is 2.24. The molecule has 0 aromatic heterocycles. The van der Waals surface area contributed by atoms with Crippen LogP contribution in [0.3, 0.4) is 0 Å². The van der Waals surface area contributed by atoms with E-state index in [-0.39, 0.29) is 0 Å². The van der Waals surface area contributed by atoms with E-state index in [4.69, 9.17) is 9.68 Å². The lowest BCUT2D eigenvalue weighted by atomic mass is 10.1. The molecule has 0 fully saturated rings. The second-order valence-electron chi connectivity index (χ2n) is 5.69. The SMILES string of the molecule is Cc1ccc(C#Cc2ccc(C#Cc3ccc(O[B]O)cc3)cc2)cc1. The summed E-state index contributed by atoms with van der Waals surface area (Å²) < 4.78 is 4.87. The maximum atomic E-state index is 8.59. The van der Waals surface area contributed by atoms with Crippen molar-refractivity contribution >= 4 is 7.69 Å². The topological polar surface area (TPSA) is 29.5 Å². The smallest absolute Gasteiger partial charge is 0.537 e. The van der Waals surface area contributed by atoms with Crippen molar-refractivity contribution in [2.24, 2.45) is 0 Å². The van der Waals surface area contributed by atoms with E-state index in [1.54, 1.807) is 12.1 Å². The molecule has 0 amide bonds. The van der Waals surface area contributed by atoms with E-state index in [1.165, 1.54) is 5.56 Å². The number of benzene rings is 3. The molecule has 26 heavy (non-hydrogen) atoms. The molecular weight excluding hydrogens is 319 g/mol. The first-order chi connectivity index (χ1) is 12.7. The van der Waals surface area contributed by atoms with Crippen LogP contribution in [0.5, 0.6) is 5.75 Å². The fraction of sp³-hybridized carbons (Fsp3) is 0.0435. The highest BCUT2D eigenvalue weighted by Crippen LogP contribution is 2.11. The molecule has 1 N–H and O–H groups in total. The molecule has 0 saturated carbocycles. The molecule has 3 aromatic carbocycles. The van der Waals surface area contributed by atoms with Crippen LogP contribution in [0, 0.1) is 30.6 Å². The van der Waals surface area contributed by atoms with Gasteiger partial charge in [0.25, 0.3) is 0 Å². The van der Waals surface area contributed by atoms with Crippen LogP contribution >= 0.6 is 0 Å². The molecule has 0 aliphatic rings. The standard InChI is InChI=1S/C23H16BO2/c1-18-2-4-19(5-3-18)6-7-20-8-10-21(11-9-20)12-13-22-14-16-23(17-15-22)26-24-25/h2-5,8-11,14-17,25H,1H3. The van der Waals surface area contributed by atoms with Crippen molar-refractivity contribution in [1.82, 2.24) is 0 Å². The first kappa shape index (κ1) is 17.4. The first-order valence-corrected chi connectivity index (χ1v) is 8.16. The minimum atomic E-state index is 0.564. The van der Waals surface area contributed by atoms with Gasteiger partial charge < -0.3 is 9.68 Å². The van der Waals surface area contributed by atoms with E-state index in [0.29, 0.717) is 13.4 Å². The molecular formula is C23H16BO2. The van der Waals surface area contributed by atoms with Crippen molar-refractivity contribution in [3.63, 3.8) is 0 Å². The normalized spacial score (nSPS) is 9.31. The maximum Gasteiger partial charge on any atom is 0.569 e. The van der Waals surface area contributed by atoms with Crippen LogP contribution in [-0.4, -0.2) is 12.7 Å². The number of hydrogen-bond donors (Lipinski definition) is 1. The average Bonchev–Trinajstić information content (AvgIpc) is 2.68. The zero-order chi connectivity index (χ0) is 18.2. The Morgan fingerprint density at radius 1 is 0.615 bits per heavy atom. The fourth-order valence-corrected chi connectivity index (χ4v) is 2.24. The molecule has 0 unspecified atom stereocenters. The highest BCUT2D eigenvalue weighted by atomic mass is 16.5. The molecule has 0 aliphatic heterocycles. The maximum absolute atomic E-state index is 8.59.